The summed E-state index contributed by atoms with van der Waals surface area (Å²) in [5, 5.41) is 11.4. The Morgan fingerprint density at radius 1 is 1.16 bits per heavy atom. The van der Waals surface area contributed by atoms with Gasteiger partial charge in [0.05, 0.1) is 27.9 Å². The summed E-state index contributed by atoms with van der Waals surface area (Å²) in [4.78, 5) is 10.4. The van der Waals surface area contributed by atoms with Crippen LogP contribution in [0.2, 0.25) is 0 Å². The lowest BCUT2D eigenvalue weighted by molar-refractivity contribution is -0.135. The molecule has 6 heteroatoms. The Morgan fingerprint density at radius 2 is 1.74 bits per heavy atom. The van der Waals surface area contributed by atoms with E-state index in [1.54, 1.807) is 33.5 Å². The molecule has 0 saturated heterocycles. The van der Waals surface area contributed by atoms with Gasteiger partial charge in [-0.15, -0.1) is 0 Å². The summed E-state index contributed by atoms with van der Waals surface area (Å²) in [6, 6.07) is 3.55. The molecule has 1 rings (SSSR count). The number of ether oxygens (including phenoxy) is 3. The number of nitrogens with one attached hydrogen (secondary N) is 1. The van der Waals surface area contributed by atoms with Crippen molar-refractivity contribution in [2.24, 2.45) is 0 Å². The summed E-state index contributed by atoms with van der Waals surface area (Å²) >= 11 is 0. The highest BCUT2D eigenvalue weighted by atomic mass is 16.5. The molecule has 0 amide bonds. The second-order valence-corrected chi connectivity index (χ2v) is 3.83. The number of carbonyl (C=O) groups is 1. The summed E-state index contributed by atoms with van der Waals surface area (Å²) in [5.74, 6) is 1.09. The number of carboxylic acids is 1. The Morgan fingerprint density at radius 3 is 2.16 bits per heavy atom. The van der Waals surface area contributed by atoms with Crippen molar-refractivity contribution in [3.63, 3.8) is 0 Å². The highest BCUT2D eigenvalue weighted by molar-refractivity contribution is 5.69. The van der Waals surface area contributed by atoms with Gasteiger partial charge in [-0.1, -0.05) is 0 Å². The molecule has 19 heavy (non-hydrogen) atoms. The van der Waals surface area contributed by atoms with Crippen LogP contribution in [0, 0.1) is 0 Å². The van der Waals surface area contributed by atoms with Gasteiger partial charge in [0, 0.05) is 17.7 Å². The zero-order chi connectivity index (χ0) is 14.3. The average Bonchev–Trinajstić information content (AvgIpc) is 2.42. The fraction of sp³-hybridized carbons (Fsp3) is 0.462. The molecule has 0 saturated carbocycles. The molecule has 0 bridgehead atoms. The second-order valence-electron chi connectivity index (χ2n) is 3.83. The smallest absolute Gasteiger partial charge is 0.317 e. The van der Waals surface area contributed by atoms with Crippen LogP contribution in [0.1, 0.15) is 5.56 Å². The van der Waals surface area contributed by atoms with Gasteiger partial charge < -0.3 is 24.6 Å². The highest BCUT2D eigenvalue weighted by Gasteiger charge is 2.12. The SMILES string of the molecule is COc1cc(OC)c(CCNCC(=O)O)c(OC)c1. The first-order chi connectivity index (χ1) is 9.12. The highest BCUT2D eigenvalue weighted by Crippen LogP contribution is 2.34. The van der Waals surface area contributed by atoms with E-state index in [0.717, 1.165) is 5.56 Å². The molecule has 0 atom stereocenters. The quantitative estimate of drug-likeness (QED) is 0.684. The maximum atomic E-state index is 10.4. The topological polar surface area (TPSA) is 77.0 Å². The average molecular weight is 269 g/mol. The molecular weight excluding hydrogens is 250 g/mol. The first-order valence-corrected chi connectivity index (χ1v) is 5.83. The first-order valence-electron chi connectivity index (χ1n) is 5.83. The van der Waals surface area contributed by atoms with E-state index in [0.29, 0.717) is 30.2 Å². The van der Waals surface area contributed by atoms with E-state index in [4.69, 9.17) is 19.3 Å². The molecule has 0 heterocycles. The van der Waals surface area contributed by atoms with Gasteiger partial charge in [0.25, 0.3) is 0 Å². The van der Waals surface area contributed by atoms with Crippen molar-refractivity contribution >= 4 is 5.97 Å². The minimum atomic E-state index is -0.881. The summed E-state index contributed by atoms with van der Waals surface area (Å²) in [7, 11) is 4.72. The second kappa shape index (κ2) is 7.48. The predicted octanol–water partition coefficient (Wildman–Crippen LogP) is 0.929. The molecule has 2 N–H and O–H groups in total. The number of aliphatic carboxylic acids is 1. The van der Waals surface area contributed by atoms with Gasteiger partial charge in [0.1, 0.15) is 17.2 Å². The number of hydrogen-bond acceptors (Lipinski definition) is 5. The van der Waals surface area contributed by atoms with Crippen LogP contribution in [0.25, 0.3) is 0 Å². The Labute approximate surface area is 112 Å². The Bertz CT molecular complexity index is 408. The van der Waals surface area contributed by atoms with E-state index in [1.165, 1.54) is 0 Å². The van der Waals surface area contributed by atoms with Crippen LogP contribution in [0.3, 0.4) is 0 Å². The molecular formula is C13H19NO5. The molecule has 0 aromatic heterocycles. The third kappa shape index (κ3) is 4.33. The Kier molecular flexibility index (Phi) is 5.95. The molecule has 1 aromatic carbocycles. The Hall–Kier alpha value is -1.95. The minimum absolute atomic E-state index is 0.0687. The maximum Gasteiger partial charge on any atom is 0.317 e. The minimum Gasteiger partial charge on any atom is -0.496 e. The van der Waals surface area contributed by atoms with Crippen molar-refractivity contribution in [3.8, 4) is 17.2 Å². The number of methoxy groups -OCH3 is 3. The summed E-state index contributed by atoms with van der Waals surface area (Å²) in [6.45, 7) is 0.451. The molecule has 106 valence electrons. The van der Waals surface area contributed by atoms with Gasteiger partial charge in [-0.25, -0.2) is 0 Å². The van der Waals surface area contributed by atoms with E-state index < -0.39 is 5.97 Å². The van der Waals surface area contributed by atoms with Crippen LogP contribution in [0.15, 0.2) is 12.1 Å². The molecule has 0 aliphatic rings. The van der Waals surface area contributed by atoms with Crippen molar-refractivity contribution < 1.29 is 24.1 Å². The number of hydrogen-bond donors (Lipinski definition) is 2. The number of rotatable bonds is 8. The third-order valence-corrected chi connectivity index (χ3v) is 2.65. The van der Waals surface area contributed by atoms with Gasteiger partial charge >= 0.3 is 5.97 Å². The standard InChI is InChI=1S/C13H19NO5/c1-17-9-6-11(18-2)10(12(7-9)19-3)4-5-14-8-13(15)16/h6-7,14H,4-5,8H2,1-3H3,(H,15,16). The van der Waals surface area contributed by atoms with Gasteiger partial charge in [-0.3, -0.25) is 4.79 Å². The lowest BCUT2D eigenvalue weighted by Crippen LogP contribution is -2.24. The molecule has 0 aliphatic carbocycles. The van der Waals surface area contributed by atoms with Gasteiger partial charge in [-0.2, -0.15) is 0 Å². The molecule has 0 spiro atoms. The van der Waals surface area contributed by atoms with E-state index in [1.807, 2.05) is 0 Å². The molecule has 0 fully saturated rings. The molecule has 1 aromatic rings. The fourth-order valence-corrected chi connectivity index (χ4v) is 1.73. The van der Waals surface area contributed by atoms with Gasteiger partial charge in [0.2, 0.25) is 0 Å². The molecule has 6 nitrogen and oxygen atoms in total. The van der Waals surface area contributed by atoms with Crippen LogP contribution >= 0.6 is 0 Å². The van der Waals surface area contributed by atoms with Crippen LogP contribution in [0.5, 0.6) is 17.2 Å². The summed E-state index contributed by atoms with van der Waals surface area (Å²) in [6.07, 6.45) is 0.601. The first kappa shape index (κ1) is 15.1. The van der Waals surface area contributed by atoms with Crippen LogP contribution in [0.4, 0.5) is 0 Å². The van der Waals surface area contributed by atoms with Crippen molar-refractivity contribution in [1.82, 2.24) is 5.32 Å². The lowest BCUT2D eigenvalue weighted by atomic mass is 10.1. The van der Waals surface area contributed by atoms with Crippen molar-refractivity contribution in [2.75, 3.05) is 34.4 Å². The van der Waals surface area contributed by atoms with Gasteiger partial charge in [0.15, 0.2) is 0 Å². The number of carboxylic acid groups (broad SMARTS) is 1. The summed E-state index contributed by atoms with van der Waals surface area (Å²) in [5.41, 5.74) is 0.878. The van der Waals surface area contributed by atoms with Crippen LogP contribution < -0.4 is 19.5 Å². The lowest BCUT2D eigenvalue weighted by Gasteiger charge is -2.15. The van der Waals surface area contributed by atoms with Crippen molar-refractivity contribution in [3.05, 3.63) is 17.7 Å². The van der Waals surface area contributed by atoms with E-state index in [9.17, 15) is 4.79 Å². The predicted molar refractivity (Wildman–Crippen MR) is 70.3 cm³/mol. The fourth-order valence-electron chi connectivity index (χ4n) is 1.73. The Balaban J connectivity index is 2.82. The van der Waals surface area contributed by atoms with E-state index >= 15 is 0 Å². The largest absolute Gasteiger partial charge is 0.496 e. The third-order valence-electron chi connectivity index (χ3n) is 2.65. The van der Waals surface area contributed by atoms with Gasteiger partial charge in [-0.05, 0) is 13.0 Å². The van der Waals surface area contributed by atoms with E-state index in [-0.39, 0.29) is 6.54 Å². The summed E-state index contributed by atoms with van der Waals surface area (Å²) < 4.78 is 15.8. The maximum absolute atomic E-state index is 10.4. The molecule has 0 radical (unpaired) electrons. The van der Waals surface area contributed by atoms with Crippen molar-refractivity contribution in [1.29, 1.82) is 0 Å². The zero-order valence-corrected chi connectivity index (χ0v) is 11.4. The van der Waals surface area contributed by atoms with Crippen molar-refractivity contribution in [2.45, 2.75) is 6.42 Å². The number of benzene rings is 1. The van der Waals surface area contributed by atoms with E-state index in [2.05, 4.69) is 5.32 Å². The van der Waals surface area contributed by atoms with Crippen LogP contribution in [-0.4, -0.2) is 45.5 Å². The zero-order valence-electron chi connectivity index (χ0n) is 11.4. The monoisotopic (exact) mass is 269 g/mol. The van der Waals surface area contributed by atoms with Crippen LogP contribution in [-0.2, 0) is 11.2 Å². The molecule has 0 aliphatic heterocycles. The molecule has 0 unspecified atom stereocenters. The normalized spacial score (nSPS) is 10.1.